The van der Waals surface area contributed by atoms with E-state index in [9.17, 15) is 0 Å². The van der Waals surface area contributed by atoms with E-state index in [0.29, 0.717) is 37.1 Å². The van der Waals surface area contributed by atoms with E-state index in [1.54, 1.807) is 14.2 Å². The monoisotopic (exact) mass is 270 g/mol. The maximum Gasteiger partial charge on any atom is 0.242 e. The maximum atomic E-state index is 6.01. The van der Waals surface area contributed by atoms with Crippen molar-refractivity contribution < 1.29 is 14.2 Å². The summed E-state index contributed by atoms with van der Waals surface area (Å²) in [5.74, 6) is 1.05. The second kappa shape index (κ2) is 8.49. The first-order chi connectivity index (χ1) is 9.24. The summed E-state index contributed by atoms with van der Waals surface area (Å²) in [7, 11) is 4.88. The van der Waals surface area contributed by atoms with Gasteiger partial charge in [-0.25, -0.2) is 4.98 Å². The lowest BCUT2D eigenvalue weighted by molar-refractivity contribution is 0.191. The normalized spacial score (nSPS) is 10.5. The molecular weight excluding hydrogens is 248 g/mol. The Bertz CT molecular complexity index is 376. The van der Waals surface area contributed by atoms with Gasteiger partial charge in [-0.1, -0.05) is 0 Å². The van der Waals surface area contributed by atoms with Gasteiger partial charge < -0.3 is 24.8 Å². The quantitative estimate of drug-likeness (QED) is 0.656. The number of hydrogen-bond acceptors (Lipinski definition) is 7. The van der Waals surface area contributed by atoms with Gasteiger partial charge in [-0.2, -0.15) is 4.98 Å². The Hall–Kier alpha value is -1.60. The number of hydrogen-bond donors (Lipinski definition) is 1. The van der Waals surface area contributed by atoms with Crippen molar-refractivity contribution in [3.8, 4) is 5.88 Å². The SMILES string of the molecule is COCCCN(CCOC)c1ncnc(OC)c1N. The number of nitrogens with zero attached hydrogens (tertiary/aromatic N) is 3. The summed E-state index contributed by atoms with van der Waals surface area (Å²) in [6, 6.07) is 0. The summed E-state index contributed by atoms with van der Waals surface area (Å²) in [5, 5.41) is 0. The molecule has 0 spiro atoms. The summed E-state index contributed by atoms with van der Waals surface area (Å²) in [6.07, 6.45) is 2.33. The molecule has 108 valence electrons. The van der Waals surface area contributed by atoms with Gasteiger partial charge in [0.2, 0.25) is 5.88 Å². The standard InChI is InChI=1S/C12H22N4O3/c1-17-7-4-5-16(6-8-18-2)11-10(13)12(19-3)15-9-14-11/h9H,4-8,13H2,1-3H3. The zero-order valence-corrected chi connectivity index (χ0v) is 11.8. The third kappa shape index (κ3) is 4.53. The van der Waals surface area contributed by atoms with Crippen LogP contribution in [0.3, 0.4) is 0 Å². The molecule has 7 heteroatoms. The summed E-state index contributed by atoms with van der Waals surface area (Å²) >= 11 is 0. The van der Waals surface area contributed by atoms with Crippen LogP contribution >= 0.6 is 0 Å². The number of nitrogen functional groups attached to an aromatic ring is 1. The van der Waals surface area contributed by atoms with Crippen LogP contribution in [0.2, 0.25) is 0 Å². The van der Waals surface area contributed by atoms with E-state index < -0.39 is 0 Å². The highest BCUT2D eigenvalue weighted by molar-refractivity contribution is 5.67. The van der Waals surface area contributed by atoms with E-state index in [1.807, 2.05) is 4.90 Å². The maximum absolute atomic E-state index is 6.01. The first kappa shape index (κ1) is 15.5. The molecule has 0 aromatic carbocycles. The Balaban J connectivity index is 2.82. The van der Waals surface area contributed by atoms with Gasteiger partial charge in [0.1, 0.15) is 12.0 Å². The van der Waals surface area contributed by atoms with E-state index in [1.165, 1.54) is 13.4 Å². The molecule has 0 atom stereocenters. The summed E-state index contributed by atoms with van der Waals surface area (Å²) in [6.45, 7) is 2.76. The Morgan fingerprint density at radius 1 is 1.11 bits per heavy atom. The number of aromatic nitrogens is 2. The molecule has 19 heavy (non-hydrogen) atoms. The Morgan fingerprint density at radius 3 is 2.47 bits per heavy atom. The summed E-state index contributed by atoms with van der Waals surface area (Å²) < 4.78 is 15.3. The second-order valence-corrected chi connectivity index (χ2v) is 3.95. The predicted molar refractivity (Wildman–Crippen MR) is 73.6 cm³/mol. The van der Waals surface area contributed by atoms with Crippen molar-refractivity contribution in [3.63, 3.8) is 0 Å². The highest BCUT2D eigenvalue weighted by atomic mass is 16.5. The minimum atomic E-state index is 0.388. The third-order valence-corrected chi connectivity index (χ3v) is 2.66. The average Bonchev–Trinajstić information content (AvgIpc) is 2.43. The van der Waals surface area contributed by atoms with Gasteiger partial charge in [-0.05, 0) is 6.42 Å². The van der Waals surface area contributed by atoms with Gasteiger partial charge in [-0.15, -0.1) is 0 Å². The van der Waals surface area contributed by atoms with Crippen LogP contribution in [-0.2, 0) is 9.47 Å². The Kier molecular flexibility index (Phi) is 6.91. The molecule has 1 heterocycles. The van der Waals surface area contributed by atoms with Gasteiger partial charge in [0, 0.05) is 33.9 Å². The van der Waals surface area contributed by atoms with Crippen LogP contribution in [0.1, 0.15) is 6.42 Å². The van der Waals surface area contributed by atoms with Crippen molar-refractivity contribution >= 4 is 11.5 Å². The zero-order chi connectivity index (χ0) is 14.1. The second-order valence-electron chi connectivity index (χ2n) is 3.95. The first-order valence-electron chi connectivity index (χ1n) is 6.11. The lowest BCUT2D eigenvalue weighted by Crippen LogP contribution is -2.30. The molecule has 0 saturated heterocycles. The summed E-state index contributed by atoms with van der Waals surface area (Å²) in [5.41, 5.74) is 6.45. The number of methoxy groups -OCH3 is 3. The van der Waals surface area contributed by atoms with Crippen molar-refractivity contribution in [1.82, 2.24) is 9.97 Å². The van der Waals surface area contributed by atoms with Crippen LogP contribution < -0.4 is 15.4 Å². The van der Waals surface area contributed by atoms with Gasteiger partial charge in [-0.3, -0.25) is 0 Å². The third-order valence-electron chi connectivity index (χ3n) is 2.66. The molecule has 1 aromatic rings. The predicted octanol–water partition coefficient (Wildman–Crippen LogP) is 0.557. The molecule has 0 aliphatic heterocycles. The minimum Gasteiger partial charge on any atom is -0.479 e. The first-order valence-corrected chi connectivity index (χ1v) is 6.11. The van der Waals surface area contributed by atoms with E-state index in [0.717, 1.165) is 13.0 Å². The zero-order valence-electron chi connectivity index (χ0n) is 11.8. The van der Waals surface area contributed by atoms with E-state index >= 15 is 0 Å². The van der Waals surface area contributed by atoms with E-state index in [4.69, 9.17) is 19.9 Å². The van der Waals surface area contributed by atoms with Crippen molar-refractivity contribution in [2.75, 3.05) is 58.3 Å². The number of rotatable bonds is 9. The van der Waals surface area contributed by atoms with Crippen molar-refractivity contribution in [2.45, 2.75) is 6.42 Å². The lowest BCUT2D eigenvalue weighted by Gasteiger charge is -2.24. The molecular formula is C12H22N4O3. The highest BCUT2D eigenvalue weighted by Gasteiger charge is 2.15. The largest absolute Gasteiger partial charge is 0.479 e. The molecule has 1 aromatic heterocycles. The molecule has 0 fully saturated rings. The van der Waals surface area contributed by atoms with Crippen LogP contribution in [0.5, 0.6) is 5.88 Å². The van der Waals surface area contributed by atoms with Gasteiger partial charge in [0.25, 0.3) is 0 Å². The van der Waals surface area contributed by atoms with Crippen molar-refractivity contribution in [3.05, 3.63) is 6.33 Å². The van der Waals surface area contributed by atoms with Crippen LogP contribution in [0, 0.1) is 0 Å². The van der Waals surface area contributed by atoms with Crippen LogP contribution in [-0.4, -0.2) is 57.6 Å². The number of anilines is 2. The fourth-order valence-corrected chi connectivity index (χ4v) is 1.71. The Labute approximate surface area is 113 Å². The van der Waals surface area contributed by atoms with Crippen LogP contribution in [0.4, 0.5) is 11.5 Å². The van der Waals surface area contributed by atoms with Crippen LogP contribution in [0.15, 0.2) is 6.33 Å². The number of ether oxygens (including phenoxy) is 3. The van der Waals surface area contributed by atoms with Gasteiger partial charge in [0.15, 0.2) is 5.82 Å². The molecule has 2 N–H and O–H groups in total. The van der Waals surface area contributed by atoms with Crippen LogP contribution in [0.25, 0.3) is 0 Å². The molecule has 7 nitrogen and oxygen atoms in total. The molecule has 0 bridgehead atoms. The lowest BCUT2D eigenvalue weighted by atomic mass is 10.3. The molecule has 0 amide bonds. The molecule has 0 saturated carbocycles. The number of nitrogens with two attached hydrogens (primary N) is 1. The van der Waals surface area contributed by atoms with Crippen molar-refractivity contribution in [1.29, 1.82) is 0 Å². The molecule has 1 rings (SSSR count). The fourth-order valence-electron chi connectivity index (χ4n) is 1.71. The summed E-state index contributed by atoms with van der Waals surface area (Å²) in [4.78, 5) is 10.3. The topological polar surface area (TPSA) is 82.7 Å². The molecule has 0 aliphatic rings. The van der Waals surface area contributed by atoms with E-state index in [-0.39, 0.29) is 0 Å². The van der Waals surface area contributed by atoms with E-state index in [2.05, 4.69) is 9.97 Å². The van der Waals surface area contributed by atoms with Crippen molar-refractivity contribution in [2.24, 2.45) is 0 Å². The molecule has 0 aliphatic carbocycles. The minimum absolute atomic E-state index is 0.388. The fraction of sp³-hybridized carbons (Fsp3) is 0.667. The molecule has 0 radical (unpaired) electrons. The Morgan fingerprint density at radius 2 is 1.84 bits per heavy atom. The smallest absolute Gasteiger partial charge is 0.242 e. The van der Waals surface area contributed by atoms with Gasteiger partial charge >= 0.3 is 0 Å². The van der Waals surface area contributed by atoms with Gasteiger partial charge in [0.05, 0.1) is 13.7 Å². The average molecular weight is 270 g/mol. The highest BCUT2D eigenvalue weighted by Crippen LogP contribution is 2.27. The molecule has 0 unspecified atom stereocenters.